The van der Waals surface area contributed by atoms with Gasteiger partial charge in [0.1, 0.15) is 6.54 Å². The van der Waals surface area contributed by atoms with Gasteiger partial charge in [-0.05, 0) is 83.3 Å². The molecule has 1 aliphatic rings. The summed E-state index contributed by atoms with van der Waals surface area (Å²) in [5, 5.41) is 2.82. The smallest absolute Gasteiger partial charge is 0.264 e. The molecule has 33 heavy (non-hydrogen) atoms. The van der Waals surface area contributed by atoms with Crippen molar-refractivity contribution in [3.05, 3.63) is 82.4 Å². The van der Waals surface area contributed by atoms with E-state index in [2.05, 4.69) is 32.8 Å². The molecule has 4 rings (SSSR count). The molecular formula is C24H24IN3O4S. The number of carbonyl (C=O) groups excluding carboxylic acids is 1. The zero-order valence-corrected chi connectivity index (χ0v) is 20.8. The maximum atomic E-state index is 13.4. The standard InChI is InChI=1S/C24H24IN3O4S/c25-19-6-10-22(11-7-19)28(33(30,31)23-4-2-1-3-5-23)18-24(29)26-20-8-12-21(13-9-20)27-14-16-32-17-15-27/h1-13H,14-18H2,(H,26,29). The van der Waals surface area contributed by atoms with E-state index in [1.165, 1.54) is 12.1 Å². The molecule has 3 aromatic rings. The van der Waals surface area contributed by atoms with Crippen molar-refractivity contribution in [1.29, 1.82) is 0 Å². The van der Waals surface area contributed by atoms with Crippen LogP contribution in [0, 0.1) is 3.57 Å². The van der Waals surface area contributed by atoms with Crippen LogP contribution in [0.25, 0.3) is 0 Å². The molecule has 0 aliphatic carbocycles. The lowest BCUT2D eigenvalue weighted by Gasteiger charge is -2.29. The lowest BCUT2D eigenvalue weighted by molar-refractivity contribution is -0.114. The third-order valence-corrected chi connectivity index (χ3v) is 7.77. The van der Waals surface area contributed by atoms with Crippen LogP contribution in [-0.4, -0.2) is 47.2 Å². The van der Waals surface area contributed by atoms with Gasteiger partial charge in [0.2, 0.25) is 5.91 Å². The molecule has 1 amide bonds. The number of sulfonamides is 1. The second-order valence-corrected chi connectivity index (χ2v) is 10.6. The van der Waals surface area contributed by atoms with Crippen LogP contribution >= 0.6 is 22.6 Å². The fourth-order valence-corrected chi connectivity index (χ4v) is 5.35. The van der Waals surface area contributed by atoms with E-state index in [4.69, 9.17) is 4.74 Å². The van der Waals surface area contributed by atoms with Crippen LogP contribution in [0.5, 0.6) is 0 Å². The topological polar surface area (TPSA) is 79.0 Å². The Labute approximate surface area is 207 Å². The predicted octanol–water partition coefficient (Wildman–Crippen LogP) is 3.96. The largest absolute Gasteiger partial charge is 0.378 e. The molecule has 0 spiro atoms. The van der Waals surface area contributed by atoms with Crippen LogP contribution in [0.4, 0.5) is 17.1 Å². The third kappa shape index (κ3) is 5.84. The molecule has 3 aromatic carbocycles. The first-order valence-corrected chi connectivity index (χ1v) is 13.0. The average Bonchev–Trinajstić information content (AvgIpc) is 2.85. The van der Waals surface area contributed by atoms with Crippen molar-refractivity contribution in [2.75, 3.05) is 47.4 Å². The number of carbonyl (C=O) groups is 1. The fraction of sp³-hybridized carbons (Fsp3) is 0.208. The molecule has 0 saturated carbocycles. The number of halogens is 1. The normalized spacial score (nSPS) is 14.0. The van der Waals surface area contributed by atoms with Crippen molar-refractivity contribution >= 4 is 55.6 Å². The number of nitrogens with zero attached hydrogens (tertiary/aromatic N) is 2. The monoisotopic (exact) mass is 577 g/mol. The van der Waals surface area contributed by atoms with Gasteiger partial charge in [-0.1, -0.05) is 18.2 Å². The van der Waals surface area contributed by atoms with Crippen molar-refractivity contribution < 1.29 is 17.9 Å². The fourth-order valence-electron chi connectivity index (χ4n) is 3.55. The van der Waals surface area contributed by atoms with Gasteiger partial charge in [0.15, 0.2) is 0 Å². The SMILES string of the molecule is O=C(CN(c1ccc(I)cc1)S(=O)(=O)c1ccccc1)Nc1ccc(N2CCOCC2)cc1. The van der Waals surface area contributed by atoms with Crippen LogP contribution in [-0.2, 0) is 19.6 Å². The quantitative estimate of drug-likeness (QED) is 0.431. The van der Waals surface area contributed by atoms with Crippen LogP contribution in [0.2, 0.25) is 0 Å². The Kier molecular flexibility index (Phi) is 7.51. The molecule has 172 valence electrons. The molecule has 1 aliphatic heterocycles. The summed E-state index contributed by atoms with van der Waals surface area (Å²) < 4.78 is 34.2. The number of anilines is 3. The summed E-state index contributed by atoms with van der Waals surface area (Å²) in [7, 11) is -3.92. The van der Waals surface area contributed by atoms with Crippen molar-refractivity contribution in [3.8, 4) is 0 Å². The molecule has 0 atom stereocenters. The lowest BCUT2D eigenvalue weighted by Crippen LogP contribution is -2.38. The predicted molar refractivity (Wildman–Crippen MR) is 138 cm³/mol. The van der Waals surface area contributed by atoms with Crippen molar-refractivity contribution in [1.82, 2.24) is 0 Å². The lowest BCUT2D eigenvalue weighted by atomic mass is 10.2. The molecule has 0 radical (unpaired) electrons. The Balaban J connectivity index is 1.52. The number of hydrogen-bond acceptors (Lipinski definition) is 5. The maximum absolute atomic E-state index is 13.4. The summed E-state index contributed by atoms with van der Waals surface area (Å²) in [6, 6.07) is 22.7. The minimum absolute atomic E-state index is 0.131. The first-order valence-electron chi connectivity index (χ1n) is 10.5. The zero-order valence-electron chi connectivity index (χ0n) is 17.9. The number of rotatable bonds is 7. The number of hydrogen-bond donors (Lipinski definition) is 1. The van der Waals surface area contributed by atoms with Crippen molar-refractivity contribution in [2.24, 2.45) is 0 Å². The van der Waals surface area contributed by atoms with Gasteiger partial charge in [-0.3, -0.25) is 9.10 Å². The Hall–Kier alpha value is -2.63. The Bertz CT molecular complexity index is 1180. The molecule has 1 N–H and O–H groups in total. The number of amides is 1. The summed E-state index contributed by atoms with van der Waals surface area (Å²) in [5.41, 5.74) is 2.09. The summed E-state index contributed by atoms with van der Waals surface area (Å²) in [6.45, 7) is 2.70. The Morgan fingerprint density at radius 1 is 0.939 bits per heavy atom. The first-order chi connectivity index (χ1) is 15.9. The third-order valence-electron chi connectivity index (χ3n) is 5.26. The van der Waals surface area contributed by atoms with Gasteiger partial charge >= 0.3 is 0 Å². The Morgan fingerprint density at radius 2 is 1.58 bits per heavy atom. The van der Waals surface area contributed by atoms with E-state index in [1.807, 2.05) is 36.4 Å². The van der Waals surface area contributed by atoms with Gasteiger partial charge in [0, 0.05) is 28.0 Å². The number of morpholine rings is 1. The van der Waals surface area contributed by atoms with Crippen molar-refractivity contribution in [3.63, 3.8) is 0 Å². The molecule has 1 fully saturated rings. The molecule has 0 aromatic heterocycles. The van der Waals surface area contributed by atoms with Crippen molar-refractivity contribution in [2.45, 2.75) is 4.90 Å². The first kappa shape index (κ1) is 23.5. The van der Waals surface area contributed by atoms with Gasteiger partial charge in [-0.15, -0.1) is 0 Å². The number of nitrogens with one attached hydrogen (secondary N) is 1. The van der Waals surface area contributed by atoms with Gasteiger partial charge in [-0.25, -0.2) is 8.42 Å². The van der Waals surface area contributed by atoms with Gasteiger partial charge in [0.05, 0.1) is 23.8 Å². The highest BCUT2D eigenvalue weighted by molar-refractivity contribution is 14.1. The summed E-state index contributed by atoms with van der Waals surface area (Å²) in [5.74, 6) is -0.424. The molecule has 9 heteroatoms. The van der Waals surface area contributed by atoms with E-state index in [1.54, 1.807) is 30.3 Å². The maximum Gasteiger partial charge on any atom is 0.264 e. The molecule has 0 bridgehead atoms. The van der Waals surface area contributed by atoms with E-state index in [-0.39, 0.29) is 11.4 Å². The minimum atomic E-state index is -3.92. The average molecular weight is 577 g/mol. The summed E-state index contributed by atoms with van der Waals surface area (Å²) in [4.78, 5) is 15.2. The second-order valence-electron chi connectivity index (χ2n) is 7.50. The van der Waals surface area contributed by atoms with E-state index in [0.29, 0.717) is 24.6 Å². The molecule has 7 nitrogen and oxygen atoms in total. The molecule has 1 heterocycles. The Morgan fingerprint density at radius 3 is 2.21 bits per heavy atom. The van der Waals surface area contributed by atoms with Crippen LogP contribution < -0.4 is 14.5 Å². The highest BCUT2D eigenvalue weighted by atomic mass is 127. The van der Waals surface area contributed by atoms with E-state index in [0.717, 1.165) is 26.7 Å². The van der Waals surface area contributed by atoms with Gasteiger partial charge in [0.25, 0.3) is 10.0 Å². The van der Waals surface area contributed by atoms with Crippen LogP contribution in [0.1, 0.15) is 0 Å². The van der Waals surface area contributed by atoms with E-state index < -0.39 is 15.9 Å². The van der Waals surface area contributed by atoms with Gasteiger partial charge < -0.3 is 15.0 Å². The van der Waals surface area contributed by atoms with Crippen LogP contribution in [0.3, 0.4) is 0 Å². The number of ether oxygens (including phenoxy) is 1. The van der Waals surface area contributed by atoms with E-state index >= 15 is 0 Å². The number of benzene rings is 3. The van der Waals surface area contributed by atoms with Gasteiger partial charge in [-0.2, -0.15) is 0 Å². The highest BCUT2D eigenvalue weighted by Crippen LogP contribution is 2.25. The molecule has 1 saturated heterocycles. The van der Waals surface area contributed by atoms with E-state index in [9.17, 15) is 13.2 Å². The molecule has 0 unspecified atom stereocenters. The summed E-state index contributed by atoms with van der Waals surface area (Å²) >= 11 is 2.15. The zero-order chi connectivity index (χ0) is 23.3. The summed E-state index contributed by atoms with van der Waals surface area (Å²) in [6.07, 6.45) is 0. The molecular weight excluding hydrogens is 553 g/mol. The second kappa shape index (κ2) is 10.5. The van der Waals surface area contributed by atoms with Crippen LogP contribution in [0.15, 0.2) is 83.8 Å². The highest BCUT2D eigenvalue weighted by Gasteiger charge is 2.27. The minimum Gasteiger partial charge on any atom is -0.378 e.